The van der Waals surface area contributed by atoms with E-state index in [-0.39, 0.29) is 24.1 Å². The van der Waals surface area contributed by atoms with Crippen molar-refractivity contribution >= 4 is 21.7 Å². The van der Waals surface area contributed by atoms with Crippen LogP contribution in [0.4, 0.5) is 0 Å². The monoisotopic (exact) mass is 317 g/mol. The molecule has 2 fully saturated rings. The third kappa shape index (κ3) is 3.22. The molecule has 1 amide bonds. The normalized spacial score (nSPS) is 28.9. The minimum atomic E-state index is -3.42. The Bertz CT molecular complexity index is 542. The summed E-state index contributed by atoms with van der Waals surface area (Å²) in [5, 5.41) is 9.47. The average Bonchev–Trinajstić information content (AvgIpc) is 2.81. The van der Waals surface area contributed by atoms with Gasteiger partial charge in [-0.2, -0.15) is 0 Å². The van der Waals surface area contributed by atoms with Crippen LogP contribution in [-0.2, 0) is 19.4 Å². The van der Waals surface area contributed by atoms with E-state index in [1.807, 2.05) is 0 Å². The molecule has 1 saturated heterocycles. The van der Waals surface area contributed by atoms with Gasteiger partial charge in [0.15, 0.2) is 9.84 Å². The molecule has 1 aliphatic heterocycles. The van der Waals surface area contributed by atoms with Crippen LogP contribution in [0.2, 0.25) is 0 Å². The van der Waals surface area contributed by atoms with Gasteiger partial charge in [-0.05, 0) is 24.7 Å². The lowest BCUT2D eigenvalue weighted by molar-refractivity contribution is -0.149. The number of hydrogen-bond acceptors (Lipinski definition) is 4. The van der Waals surface area contributed by atoms with Gasteiger partial charge in [0.1, 0.15) is 5.75 Å². The SMILES string of the molecule is CC(C)CS(=O)(=O)CC(=O)N1C[C@@H]2CCC[C@@]2(C(=O)O)C1. The minimum Gasteiger partial charge on any atom is -0.481 e. The van der Waals surface area contributed by atoms with Gasteiger partial charge in [0, 0.05) is 13.1 Å². The highest BCUT2D eigenvalue weighted by molar-refractivity contribution is 7.92. The zero-order chi connectivity index (χ0) is 15.8. The van der Waals surface area contributed by atoms with Crippen molar-refractivity contribution in [3.8, 4) is 0 Å². The second-order valence-corrected chi connectivity index (χ2v) is 8.88. The van der Waals surface area contributed by atoms with Crippen LogP contribution < -0.4 is 0 Å². The van der Waals surface area contributed by atoms with E-state index in [1.54, 1.807) is 13.8 Å². The molecular weight excluding hydrogens is 294 g/mol. The molecule has 1 saturated carbocycles. The molecule has 6 nitrogen and oxygen atoms in total. The molecule has 0 aromatic carbocycles. The molecule has 0 bridgehead atoms. The van der Waals surface area contributed by atoms with Gasteiger partial charge >= 0.3 is 5.97 Å². The lowest BCUT2D eigenvalue weighted by Gasteiger charge is -2.23. The second kappa shape index (κ2) is 5.59. The fraction of sp³-hybridized carbons (Fsp3) is 0.857. The Morgan fingerprint density at radius 3 is 2.57 bits per heavy atom. The fourth-order valence-corrected chi connectivity index (χ4v) is 5.37. The summed E-state index contributed by atoms with van der Waals surface area (Å²) >= 11 is 0. The van der Waals surface area contributed by atoms with E-state index >= 15 is 0 Å². The zero-order valence-corrected chi connectivity index (χ0v) is 13.4. The maximum absolute atomic E-state index is 12.2. The summed E-state index contributed by atoms with van der Waals surface area (Å²) < 4.78 is 23.8. The van der Waals surface area contributed by atoms with Crippen LogP contribution in [0, 0.1) is 17.3 Å². The maximum atomic E-state index is 12.2. The Balaban J connectivity index is 2.05. The highest BCUT2D eigenvalue weighted by Gasteiger charge is 2.55. The van der Waals surface area contributed by atoms with Crippen LogP contribution in [-0.4, -0.2) is 54.9 Å². The number of carboxylic acids is 1. The summed E-state index contributed by atoms with van der Waals surface area (Å²) in [6.45, 7) is 4.12. The number of fused-ring (bicyclic) bond motifs is 1. The molecule has 2 aliphatic rings. The molecule has 1 heterocycles. The quantitative estimate of drug-likeness (QED) is 0.808. The highest BCUT2D eigenvalue weighted by Crippen LogP contribution is 2.48. The maximum Gasteiger partial charge on any atom is 0.311 e. The summed E-state index contributed by atoms with van der Waals surface area (Å²) in [6, 6.07) is 0. The van der Waals surface area contributed by atoms with E-state index in [0.717, 1.165) is 12.8 Å². The molecule has 7 heteroatoms. The van der Waals surface area contributed by atoms with Crippen molar-refractivity contribution < 1.29 is 23.1 Å². The summed E-state index contributed by atoms with van der Waals surface area (Å²) in [6.07, 6.45) is 2.25. The molecular formula is C14H23NO5S. The van der Waals surface area contributed by atoms with Crippen LogP contribution >= 0.6 is 0 Å². The number of carbonyl (C=O) groups is 2. The number of hydrogen-bond donors (Lipinski definition) is 1. The summed E-state index contributed by atoms with van der Waals surface area (Å²) in [5.41, 5.74) is -0.850. The number of carboxylic acid groups (broad SMARTS) is 1. The second-order valence-electron chi connectivity index (χ2n) is 6.77. The number of sulfone groups is 1. The third-order valence-electron chi connectivity index (χ3n) is 4.58. The van der Waals surface area contributed by atoms with Gasteiger partial charge in [-0.15, -0.1) is 0 Å². The molecule has 0 radical (unpaired) electrons. The number of amides is 1. The zero-order valence-electron chi connectivity index (χ0n) is 12.5. The fourth-order valence-electron chi connectivity index (χ4n) is 3.68. The van der Waals surface area contributed by atoms with Crippen LogP contribution in [0.25, 0.3) is 0 Å². The Kier molecular flexibility index (Phi) is 4.33. The molecule has 0 aromatic rings. The van der Waals surface area contributed by atoms with E-state index in [9.17, 15) is 23.1 Å². The number of rotatable bonds is 5. The van der Waals surface area contributed by atoms with Crippen LogP contribution in [0.3, 0.4) is 0 Å². The Morgan fingerprint density at radius 2 is 2.05 bits per heavy atom. The van der Waals surface area contributed by atoms with Crippen LogP contribution in [0.5, 0.6) is 0 Å². The average molecular weight is 317 g/mol. The number of likely N-dealkylation sites (tertiary alicyclic amines) is 1. The van der Waals surface area contributed by atoms with Gasteiger partial charge in [-0.1, -0.05) is 20.3 Å². The first-order valence-corrected chi connectivity index (χ1v) is 9.20. The smallest absolute Gasteiger partial charge is 0.311 e. The Hall–Kier alpha value is -1.11. The molecule has 2 atom stereocenters. The molecule has 0 spiro atoms. The number of aliphatic carboxylic acids is 1. The van der Waals surface area contributed by atoms with Crippen molar-refractivity contribution in [1.82, 2.24) is 4.90 Å². The van der Waals surface area contributed by atoms with Crippen molar-refractivity contribution in [2.45, 2.75) is 33.1 Å². The van der Waals surface area contributed by atoms with E-state index in [2.05, 4.69) is 0 Å². The van der Waals surface area contributed by atoms with Crippen molar-refractivity contribution in [2.75, 3.05) is 24.6 Å². The molecule has 120 valence electrons. The molecule has 2 rings (SSSR count). The van der Waals surface area contributed by atoms with E-state index < -0.39 is 32.9 Å². The first-order chi connectivity index (χ1) is 9.66. The van der Waals surface area contributed by atoms with E-state index in [4.69, 9.17) is 0 Å². The third-order valence-corrected chi connectivity index (χ3v) is 6.44. The van der Waals surface area contributed by atoms with Crippen molar-refractivity contribution in [2.24, 2.45) is 17.3 Å². The largest absolute Gasteiger partial charge is 0.481 e. The van der Waals surface area contributed by atoms with Gasteiger partial charge in [0.25, 0.3) is 0 Å². The topological polar surface area (TPSA) is 91.8 Å². The molecule has 0 unspecified atom stereocenters. The molecule has 0 aromatic heterocycles. The summed E-state index contributed by atoms with van der Waals surface area (Å²) in [7, 11) is -3.42. The van der Waals surface area contributed by atoms with Gasteiger partial charge in [0.05, 0.1) is 11.2 Å². The van der Waals surface area contributed by atoms with Gasteiger partial charge in [-0.3, -0.25) is 9.59 Å². The molecule has 1 aliphatic carbocycles. The Labute approximate surface area is 125 Å². The number of carbonyl (C=O) groups excluding carboxylic acids is 1. The lowest BCUT2D eigenvalue weighted by Crippen LogP contribution is -2.39. The predicted molar refractivity (Wildman–Crippen MR) is 77.5 cm³/mol. The predicted octanol–water partition coefficient (Wildman–Crippen LogP) is 0.770. The standard InChI is InChI=1S/C14H23NO5S/c1-10(2)7-21(19,20)8-12(16)15-6-11-4-3-5-14(11,9-15)13(17)18/h10-11H,3-9H2,1-2H3,(H,17,18)/t11-,14+/m0/s1. The summed E-state index contributed by atoms with van der Waals surface area (Å²) in [5.74, 6) is -1.89. The molecule has 21 heavy (non-hydrogen) atoms. The van der Waals surface area contributed by atoms with Gasteiger partial charge in [-0.25, -0.2) is 8.42 Å². The van der Waals surface area contributed by atoms with Crippen LogP contribution in [0.15, 0.2) is 0 Å². The van der Waals surface area contributed by atoms with E-state index in [1.165, 1.54) is 4.90 Å². The lowest BCUT2D eigenvalue weighted by atomic mass is 9.81. The first-order valence-electron chi connectivity index (χ1n) is 7.38. The van der Waals surface area contributed by atoms with Crippen molar-refractivity contribution in [3.05, 3.63) is 0 Å². The first kappa shape index (κ1) is 16.3. The minimum absolute atomic E-state index is 0.0138. The van der Waals surface area contributed by atoms with Crippen molar-refractivity contribution in [3.63, 3.8) is 0 Å². The van der Waals surface area contributed by atoms with Gasteiger partial charge in [0.2, 0.25) is 5.91 Å². The van der Waals surface area contributed by atoms with Crippen molar-refractivity contribution in [1.29, 1.82) is 0 Å². The van der Waals surface area contributed by atoms with E-state index in [0.29, 0.717) is 13.0 Å². The van der Waals surface area contributed by atoms with Crippen LogP contribution in [0.1, 0.15) is 33.1 Å². The van der Waals surface area contributed by atoms with Gasteiger partial charge < -0.3 is 10.0 Å². The molecule has 1 N–H and O–H groups in total. The number of nitrogens with zero attached hydrogens (tertiary/aromatic N) is 1. The summed E-state index contributed by atoms with van der Waals surface area (Å²) in [4.78, 5) is 25.2. The Morgan fingerprint density at radius 1 is 1.38 bits per heavy atom. The highest BCUT2D eigenvalue weighted by atomic mass is 32.2.